The minimum absolute atomic E-state index is 0.350. The van der Waals surface area contributed by atoms with Crippen LogP contribution in [0.4, 0.5) is 5.82 Å². The number of anilines is 1. The third-order valence-corrected chi connectivity index (χ3v) is 4.11. The number of aromatic nitrogens is 2. The Bertz CT molecular complexity index is 865. The molecule has 0 spiro atoms. The minimum atomic E-state index is 0.350. The Balaban J connectivity index is 1.90. The largest absolute Gasteiger partial charge is 0.259 e. The Morgan fingerprint density at radius 3 is 2.50 bits per heavy atom. The maximum absolute atomic E-state index is 6.09. The van der Waals surface area contributed by atoms with Crippen molar-refractivity contribution in [2.45, 2.75) is 0 Å². The highest BCUT2D eigenvalue weighted by atomic mass is 35.5. The van der Waals surface area contributed by atoms with Crippen molar-refractivity contribution in [1.29, 1.82) is 0 Å². The van der Waals surface area contributed by atoms with Crippen LogP contribution in [0.1, 0.15) is 5.56 Å². The second-order valence-corrected chi connectivity index (χ2v) is 5.54. The minimum Gasteiger partial charge on any atom is -0.259 e. The first kappa shape index (κ1) is 15.0. The predicted molar refractivity (Wildman–Crippen MR) is 92.2 cm³/mol. The Kier molecular flexibility index (Phi) is 4.43. The summed E-state index contributed by atoms with van der Waals surface area (Å²) in [6, 6.07) is 12.9. The van der Waals surface area contributed by atoms with Crippen LogP contribution in [0.2, 0.25) is 15.2 Å². The van der Waals surface area contributed by atoms with E-state index >= 15 is 0 Å². The zero-order valence-corrected chi connectivity index (χ0v) is 13.4. The Labute approximate surface area is 141 Å². The molecule has 1 heterocycles. The first-order valence-electron chi connectivity index (χ1n) is 6.31. The standard InChI is InChI=1S/C15H9Cl3N4/c16-12-7-3-4-9(13(12)17)8-19-21-15-11-6-2-1-5-10(11)14(18)20-22-15/h1-8H,(H,21,22)/b19-8-. The predicted octanol–water partition coefficient (Wildman–Crippen LogP) is 5.04. The molecule has 0 radical (unpaired) electrons. The number of benzene rings is 2. The summed E-state index contributed by atoms with van der Waals surface area (Å²) < 4.78 is 0. The molecule has 0 aliphatic rings. The van der Waals surface area contributed by atoms with E-state index in [0.29, 0.717) is 26.6 Å². The van der Waals surface area contributed by atoms with Gasteiger partial charge in [-0.2, -0.15) is 5.10 Å². The van der Waals surface area contributed by atoms with Gasteiger partial charge in [0.1, 0.15) is 0 Å². The van der Waals surface area contributed by atoms with Crippen LogP contribution in [0, 0.1) is 0 Å². The molecule has 0 aliphatic heterocycles. The quantitative estimate of drug-likeness (QED) is 0.531. The van der Waals surface area contributed by atoms with Gasteiger partial charge < -0.3 is 0 Å². The zero-order chi connectivity index (χ0) is 15.5. The average molecular weight is 352 g/mol. The molecule has 0 atom stereocenters. The summed E-state index contributed by atoms with van der Waals surface area (Å²) >= 11 is 18.1. The van der Waals surface area contributed by atoms with Crippen molar-refractivity contribution in [1.82, 2.24) is 10.2 Å². The van der Waals surface area contributed by atoms with Crippen LogP contribution in [-0.2, 0) is 0 Å². The van der Waals surface area contributed by atoms with Crippen LogP contribution >= 0.6 is 34.8 Å². The lowest BCUT2D eigenvalue weighted by atomic mass is 10.2. The fourth-order valence-electron chi connectivity index (χ4n) is 1.94. The van der Waals surface area contributed by atoms with Crippen molar-refractivity contribution >= 4 is 57.6 Å². The third kappa shape index (κ3) is 2.99. The molecule has 0 unspecified atom stereocenters. The van der Waals surface area contributed by atoms with E-state index in [1.165, 1.54) is 0 Å². The first-order chi connectivity index (χ1) is 10.7. The van der Waals surface area contributed by atoms with E-state index in [0.717, 1.165) is 10.8 Å². The van der Waals surface area contributed by atoms with Crippen molar-refractivity contribution in [2.75, 3.05) is 5.43 Å². The summed E-state index contributed by atoms with van der Waals surface area (Å²) in [6.07, 6.45) is 1.57. The smallest absolute Gasteiger partial charge is 0.176 e. The van der Waals surface area contributed by atoms with Gasteiger partial charge in [-0.3, -0.25) is 5.43 Å². The van der Waals surface area contributed by atoms with Gasteiger partial charge in [0.05, 0.1) is 16.3 Å². The number of fused-ring (bicyclic) bond motifs is 1. The van der Waals surface area contributed by atoms with Crippen molar-refractivity contribution in [3.63, 3.8) is 0 Å². The lowest BCUT2D eigenvalue weighted by Crippen LogP contribution is -1.97. The zero-order valence-electron chi connectivity index (χ0n) is 11.1. The molecule has 0 amide bonds. The summed E-state index contributed by atoms with van der Waals surface area (Å²) in [4.78, 5) is 0. The SMILES string of the molecule is Clc1cccc(/C=N\Nc2nnc(Cl)c3ccccc23)c1Cl. The molecule has 0 aliphatic carbocycles. The van der Waals surface area contributed by atoms with Gasteiger partial charge in [0.2, 0.25) is 0 Å². The molecule has 4 nitrogen and oxygen atoms in total. The molecule has 110 valence electrons. The number of rotatable bonds is 3. The maximum Gasteiger partial charge on any atom is 0.176 e. The van der Waals surface area contributed by atoms with Crippen LogP contribution in [-0.4, -0.2) is 16.4 Å². The number of hydrogen-bond donors (Lipinski definition) is 1. The summed E-state index contributed by atoms with van der Waals surface area (Å²) in [5, 5.41) is 14.9. The van der Waals surface area contributed by atoms with Gasteiger partial charge in [-0.25, -0.2) is 0 Å². The molecule has 22 heavy (non-hydrogen) atoms. The maximum atomic E-state index is 6.09. The number of nitrogens with zero attached hydrogens (tertiary/aromatic N) is 3. The molecule has 3 aromatic rings. The lowest BCUT2D eigenvalue weighted by Gasteiger charge is -2.05. The molecule has 1 aromatic heterocycles. The Morgan fingerprint density at radius 1 is 0.909 bits per heavy atom. The van der Waals surface area contributed by atoms with Crippen LogP contribution < -0.4 is 5.43 Å². The fourth-order valence-corrected chi connectivity index (χ4v) is 2.50. The highest BCUT2D eigenvalue weighted by molar-refractivity contribution is 6.43. The summed E-state index contributed by atoms with van der Waals surface area (Å²) in [6.45, 7) is 0. The highest BCUT2D eigenvalue weighted by Gasteiger charge is 2.06. The summed E-state index contributed by atoms with van der Waals surface area (Å²) in [7, 11) is 0. The van der Waals surface area contributed by atoms with E-state index < -0.39 is 0 Å². The normalized spacial score (nSPS) is 11.2. The first-order valence-corrected chi connectivity index (χ1v) is 7.44. The van der Waals surface area contributed by atoms with Crippen LogP contribution in [0.3, 0.4) is 0 Å². The number of nitrogens with one attached hydrogen (secondary N) is 1. The monoisotopic (exact) mass is 350 g/mol. The van der Waals surface area contributed by atoms with E-state index in [2.05, 4.69) is 20.7 Å². The van der Waals surface area contributed by atoms with Gasteiger partial charge in [-0.05, 0) is 6.07 Å². The van der Waals surface area contributed by atoms with Gasteiger partial charge in [-0.15, -0.1) is 10.2 Å². The van der Waals surface area contributed by atoms with E-state index in [4.69, 9.17) is 34.8 Å². The van der Waals surface area contributed by atoms with Gasteiger partial charge in [0.15, 0.2) is 11.0 Å². The van der Waals surface area contributed by atoms with Crippen molar-refractivity contribution in [2.24, 2.45) is 5.10 Å². The average Bonchev–Trinajstić information content (AvgIpc) is 2.54. The summed E-state index contributed by atoms with van der Waals surface area (Å²) in [5.74, 6) is 0.509. The van der Waals surface area contributed by atoms with E-state index in [1.807, 2.05) is 30.3 Å². The molecule has 3 rings (SSSR count). The molecule has 7 heteroatoms. The second kappa shape index (κ2) is 6.48. The van der Waals surface area contributed by atoms with Gasteiger partial charge in [0, 0.05) is 16.3 Å². The topological polar surface area (TPSA) is 50.2 Å². The van der Waals surface area contributed by atoms with Crippen molar-refractivity contribution < 1.29 is 0 Å². The molecule has 0 saturated heterocycles. The molecule has 1 N–H and O–H groups in total. The van der Waals surface area contributed by atoms with Crippen molar-refractivity contribution in [3.05, 3.63) is 63.2 Å². The molecular formula is C15H9Cl3N4. The summed E-state index contributed by atoms with van der Waals surface area (Å²) in [5.41, 5.74) is 3.55. The van der Waals surface area contributed by atoms with Crippen LogP contribution in [0.25, 0.3) is 10.8 Å². The molecule has 2 aromatic carbocycles. The van der Waals surface area contributed by atoms with E-state index in [9.17, 15) is 0 Å². The fraction of sp³-hybridized carbons (Fsp3) is 0. The third-order valence-electron chi connectivity index (χ3n) is 3.00. The van der Waals surface area contributed by atoms with Crippen LogP contribution in [0.5, 0.6) is 0 Å². The molecular weight excluding hydrogens is 343 g/mol. The molecule has 0 bridgehead atoms. The van der Waals surface area contributed by atoms with Gasteiger partial charge in [0.25, 0.3) is 0 Å². The van der Waals surface area contributed by atoms with Crippen molar-refractivity contribution in [3.8, 4) is 0 Å². The number of halogens is 3. The van der Waals surface area contributed by atoms with Gasteiger partial charge in [-0.1, -0.05) is 71.2 Å². The lowest BCUT2D eigenvalue weighted by molar-refractivity contribution is 1.04. The Hall–Kier alpha value is -1.88. The number of hydrogen-bond acceptors (Lipinski definition) is 4. The molecule has 0 fully saturated rings. The Morgan fingerprint density at radius 2 is 1.68 bits per heavy atom. The van der Waals surface area contributed by atoms with Crippen LogP contribution in [0.15, 0.2) is 47.6 Å². The highest BCUT2D eigenvalue weighted by Crippen LogP contribution is 2.26. The second-order valence-electron chi connectivity index (χ2n) is 4.40. The van der Waals surface area contributed by atoms with E-state index in [-0.39, 0.29) is 0 Å². The number of hydrazone groups is 1. The van der Waals surface area contributed by atoms with E-state index in [1.54, 1.807) is 18.3 Å². The molecule has 0 saturated carbocycles. The van der Waals surface area contributed by atoms with Gasteiger partial charge >= 0.3 is 0 Å².